The Labute approximate surface area is 244 Å². The minimum absolute atomic E-state index is 0.0340. The zero-order valence-electron chi connectivity index (χ0n) is 23.4. The Morgan fingerprint density at radius 2 is 1.98 bits per heavy atom. The number of hydrogen-bond donors (Lipinski definition) is 1. The second kappa shape index (κ2) is 10.2. The lowest BCUT2D eigenvalue weighted by Gasteiger charge is -2.47. The van der Waals surface area contributed by atoms with Crippen LogP contribution in [0, 0.1) is 12.7 Å². The number of para-hydroxylation sites is 1. The van der Waals surface area contributed by atoms with E-state index in [1.165, 1.54) is 29.1 Å². The van der Waals surface area contributed by atoms with Crippen molar-refractivity contribution in [1.82, 2.24) is 29.2 Å². The number of nitrogens with zero attached hydrogens (tertiary/aromatic N) is 7. The zero-order valence-corrected chi connectivity index (χ0v) is 25.2. The first-order chi connectivity index (χ1) is 19.7. The summed E-state index contributed by atoms with van der Waals surface area (Å²) in [5.41, 5.74) is 5.92. The minimum Gasteiger partial charge on any atom is -0.396 e. The largest absolute Gasteiger partial charge is 0.396 e. The fraction of sp³-hybridized carbons (Fsp3) is 0.296. The third-order valence-corrected chi connectivity index (χ3v) is 8.80. The fourth-order valence-electron chi connectivity index (χ4n) is 5.30. The van der Waals surface area contributed by atoms with Gasteiger partial charge in [0.15, 0.2) is 21.3 Å². The van der Waals surface area contributed by atoms with Crippen LogP contribution in [0.5, 0.6) is 0 Å². The molecule has 1 aliphatic rings. The molecule has 0 aliphatic carbocycles. The van der Waals surface area contributed by atoms with Crippen molar-refractivity contribution in [2.75, 3.05) is 36.5 Å². The molecule has 0 saturated carbocycles. The van der Waals surface area contributed by atoms with Gasteiger partial charge in [0.1, 0.15) is 17.2 Å². The van der Waals surface area contributed by atoms with Crippen LogP contribution in [0.15, 0.2) is 52.8 Å². The lowest BCUT2D eigenvalue weighted by atomic mass is 10.1. The van der Waals surface area contributed by atoms with Crippen LogP contribution in [-0.2, 0) is 21.7 Å². The normalized spacial score (nSPS) is 17.6. The molecule has 12 nitrogen and oxygen atoms in total. The maximum atomic E-state index is 15.9. The maximum absolute atomic E-state index is 15.9. The molecule has 15 heteroatoms. The van der Waals surface area contributed by atoms with E-state index in [1.807, 2.05) is 0 Å². The number of pyridine rings is 1. The Morgan fingerprint density at radius 1 is 1.26 bits per heavy atom. The van der Waals surface area contributed by atoms with Crippen molar-refractivity contribution in [3.05, 3.63) is 65.0 Å². The van der Waals surface area contributed by atoms with Gasteiger partial charge in [-0.15, -0.1) is 0 Å². The monoisotopic (exact) mass is 607 g/mol. The summed E-state index contributed by atoms with van der Waals surface area (Å²) in [7, 11) is 1.49. The second-order valence-corrected chi connectivity index (χ2v) is 13.5. The molecule has 0 bridgehead atoms. The Kier molecular flexibility index (Phi) is 7.05. The number of nitrogens with two attached hydrogens (primary N) is 1. The van der Waals surface area contributed by atoms with Crippen LogP contribution in [0.1, 0.15) is 12.5 Å². The summed E-state index contributed by atoms with van der Waals surface area (Å²) < 4.78 is 44.0. The molecule has 1 saturated heterocycles. The van der Waals surface area contributed by atoms with Gasteiger partial charge in [-0.05, 0) is 37.6 Å². The number of aryl methyl sites for hydroxylation is 2. The van der Waals surface area contributed by atoms with Gasteiger partial charge in [0, 0.05) is 38.1 Å². The zero-order chi connectivity index (χ0) is 30.7. The Hall–Kier alpha value is -4.37. The smallest absolute Gasteiger partial charge is 0.355 e. The number of rotatable bonds is 5. The Morgan fingerprint density at radius 3 is 2.57 bits per heavy atom. The number of piperazine rings is 1. The number of aromatic nitrogens is 5. The number of nitrogen functional groups attached to an aromatic ring is 1. The van der Waals surface area contributed by atoms with E-state index in [2.05, 4.69) is 31.9 Å². The number of amides is 1. The Bertz CT molecular complexity index is 1930. The third-order valence-electron chi connectivity index (χ3n) is 7.25. The summed E-state index contributed by atoms with van der Waals surface area (Å²) in [6.45, 7) is 7.73. The number of fused-ring (bicyclic) bond motifs is 1. The molecule has 1 fully saturated rings. The van der Waals surface area contributed by atoms with E-state index in [9.17, 15) is 18.0 Å². The van der Waals surface area contributed by atoms with Crippen LogP contribution < -0.4 is 16.3 Å². The van der Waals surface area contributed by atoms with Gasteiger partial charge in [0.2, 0.25) is 5.91 Å². The first kappa shape index (κ1) is 29.1. The summed E-state index contributed by atoms with van der Waals surface area (Å²) in [4.78, 5) is 38.4. The number of sulfone groups is 1. The average Bonchev–Trinajstić information content (AvgIpc) is 3.24. The fourth-order valence-corrected chi connectivity index (χ4v) is 6.64. The van der Waals surface area contributed by atoms with Crippen molar-refractivity contribution in [2.45, 2.75) is 23.9 Å². The van der Waals surface area contributed by atoms with E-state index in [0.717, 1.165) is 10.8 Å². The van der Waals surface area contributed by atoms with Crippen molar-refractivity contribution in [3.63, 3.8) is 0 Å². The molecule has 217 valence electrons. The van der Waals surface area contributed by atoms with Crippen LogP contribution in [0.3, 0.4) is 0 Å². The van der Waals surface area contributed by atoms with Gasteiger partial charge in [-0.25, -0.2) is 27.2 Å². The van der Waals surface area contributed by atoms with E-state index < -0.39 is 26.5 Å². The van der Waals surface area contributed by atoms with Gasteiger partial charge in [-0.3, -0.25) is 9.48 Å². The molecular weight excluding hydrogens is 580 g/mol. The molecule has 4 heterocycles. The summed E-state index contributed by atoms with van der Waals surface area (Å²) in [5, 5.41) is 3.31. The number of benzene rings is 1. The lowest BCUT2D eigenvalue weighted by Crippen LogP contribution is -2.63. The van der Waals surface area contributed by atoms with Gasteiger partial charge in [0.05, 0.1) is 38.1 Å². The van der Waals surface area contributed by atoms with Gasteiger partial charge >= 0.3 is 5.69 Å². The highest BCUT2D eigenvalue weighted by molar-refractivity contribution is 7.90. The number of anilines is 2. The number of carbonyl (C=O) groups excluding carboxylic acids is 1. The predicted octanol–water partition coefficient (Wildman–Crippen LogP) is 1.33. The highest BCUT2D eigenvalue weighted by atomic mass is 32.2. The van der Waals surface area contributed by atoms with Crippen molar-refractivity contribution < 1.29 is 17.6 Å². The van der Waals surface area contributed by atoms with Gasteiger partial charge < -0.3 is 15.5 Å². The molecule has 1 aliphatic heterocycles. The lowest BCUT2D eigenvalue weighted by molar-refractivity contribution is -0.127. The molecule has 0 spiro atoms. The van der Waals surface area contributed by atoms with Gasteiger partial charge in [-0.1, -0.05) is 18.7 Å². The van der Waals surface area contributed by atoms with Crippen LogP contribution >= 0.6 is 0 Å². The molecule has 3 aromatic heterocycles. The standard InChI is InChI=1S/C27H28FN8O4SSi/c1-6-20(37)34-10-11-35(27(3,42)14-34)24-16-12-17(28)21(23-18(29)13-30-33(23)4)31-25(16)36(26(38)32-24)22-15(2)8-7-9-19(22)41(5,39)40/h6-9,12-13H,1,10-11,14,29H2,2-5H3/t27-/m0/s1. The summed E-state index contributed by atoms with van der Waals surface area (Å²) >= 11 is 0. The van der Waals surface area contributed by atoms with E-state index in [4.69, 9.17) is 5.73 Å². The summed E-state index contributed by atoms with van der Waals surface area (Å²) in [6, 6.07) is 5.81. The molecule has 5 rings (SSSR count). The minimum atomic E-state index is -3.82. The first-order valence-electron chi connectivity index (χ1n) is 12.8. The molecule has 42 heavy (non-hydrogen) atoms. The van der Waals surface area contributed by atoms with E-state index in [-0.39, 0.29) is 70.1 Å². The van der Waals surface area contributed by atoms with Crippen LogP contribution in [0.4, 0.5) is 15.9 Å². The first-order valence-corrected chi connectivity index (χ1v) is 15.2. The van der Waals surface area contributed by atoms with Crippen LogP contribution in [0.2, 0.25) is 0 Å². The van der Waals surface area contributed by atoms with Gasteiger partial charge in [-0.2, -0.15) is 10.1 Å². The number of carbonyl (C=O) groups is 1. The highest BCUT2D eigenvalue weighted by Crippen LogP contribution is 2.35. The maximum Gasteiger partial charge on any atom is 0.355 e. The molecule has 1 aromatic carbocycles. The number of halogens is 1. The number of hydrogen-bond acceptors (Lipinski definition) is 9. The van der Waals surface area contributed by atoms with Crippen molar-refractivity contribution >= 4 is 48.5 Å². The molecule has 2 N–H and O–H groups in total. The van der Waals surface area contributed by atoms with Crippen LogP contribution in [-0.4, -0.2) is 84.8 Å². The SMILES string of the molecule is C=CC(=O)N1CCN(c2nc(=O)n(-c3c(C)cccc3S(C)(=O)=O)c3nc(-c4c(N)cnn4C)c(F)cc23)[C@@](C)([Si])C1. The van der Waals surface area contributed by atoms with Crippen molar-refractivity contribution in [2.24, 2.45) is 7.05 Å². The molecule has 1 amide bonds. The molecule has 4 aromatic rings. The molecule has 1 atom stereocenters. The second-order valence-electron chi connectivity index (χ2n) is 10.4. The highest BCUT2D eigenvalue weighted by Gasteiger charge is 2.38. The molecule has 0 unspecified atom stereocenters. The molecule has 3 radical (unpaired) electrons. The van der Waals surface area contributed by atoms with E-state index in [1.54, 1.807) is 42.8 Å². The third kappa shape index (κ3) is 4.77. The summed E-state index contributed by atoms with van der Waals surface area (Å²) in [5.74, 6) is -0.901. The van der Waals surface area contributed by atoms with Crippen molar-refractivity contribution in [3.8, 4) is 17.1 Å². The topological polar surface area (TPSA) is 149 Å². The van der Waals surface area contributed by atoms with E-state index in [0.29, 0.717) is 5.56 Å². The van der Waals surface area contributed by atoms with Crippen molar-refractivity contribution in [1.29, 1.82) is 0 Å². The average molecular weight is 608 g/mol. The van der Waals surface area contributed by atoms with E-state index >= 15 is 4.39 Å². The Balaban J connectivity index is 1.88. The van der Waals surface area contributed by atoms with Gasteiger partial charge in [0.25, 0.3) is 0 Å². The predicted molar refractivity (Wildman–Crippen MR) is 158 cm³/mol. The summed E-state index contributed by atoms with van der Waals surface area (Å²) in [6.07, 6.45) is 3.61. The van der Waals surface area contributed by atoms with Crippen LogP contribution in [0.25, 0.3) is 28.1 Å². The molecular formula is C27H28FN8O4SSi. The quantitative estimate of drug-likeness (QED) is 0.262.